The molecule has 1 aliphatic carbocycles. The zero-order chi connectivity index (χ0) is 19.3. The Labute approximate surface area is 162 Å². The van der Waals surface area contributed by atoms with Crippen molar-refractivity contribution in [2.45, 2.75) is 56.5 Å². The van der Waals surface area contributed by atoms with Gasteiger partial charge in [0.2, 0.25) is 5.91 Å². The molecule has 0 aromatic carbocycles. The molecular weight excluding hydrogens is 346 g/mol. The first kappa shape index (κ1) is 20.4. The van der Waals surface area contributed by atoms with Crippen LogP contribution < -0.4 is 10.7 Å². The molecule has 0 unspecified atom stereocenters. The number of hydrogen-bond donors (Lipinski definition) is 2. The number of hydrazine groups is 1. The quantitative estimate of drug-likeness (QED) is 0.753. The van der Waals surface area contributed by atoms with Crippen LogP contribution in [0, 0.1) is 0 Å². The molecule has 0 radical (unpaired) electrons. The molecule has 0 bridgehead atoms. The van der Waals surface area contributed by atoms with Gasteiger partial charge in [-0.2, -0.15) is 0 Å². The zero-order valence-electron chi connectivity index (χ0n) is 16.8. The van der Waals surface area contributed by atoms with Gasteiger partial charge in [0.05, 0.1) is 13.2 Å². The average Bonchev–Trinajstić information content (AvgIpc) is 2.69. The Hall–Kier alpha value is -1.38. The molecule has 3 aliphatic rings. The lowest BCUT2D eigenvalue weighted by atomic mass is 9.79. The van der Waals surface area contributed by atoms with Crippen LogP contribution >= 0.6 is 0 Å². The second kappa shape index (κ2) is 9.21. The maximum absolute atomic E-state index is 13.3. The topological polar surface area (TPSA) is 77.2 Å². The van der Waals surface area contributed by atoms with Gasteiger partial charge in [0.25, 0.3) is 0 Å². The first-order valence-electron chi connectivity index (χ1n) is 10.4. The van der Waals surface area contributed by atoms with E-state index in [-0.39, 0.29) is 23.5 Å². The van der Waals surface area contributed by atoms with E-state index in [4.69, 9.17) is 4.74 Å². The molecular formula is C19H35N5O3. The van der Waals surface area contributed by atoms with Crippen molar-refractivity contribution in [2.24, 2.45) is 0 Å². The van der Waals surface area contributed by atoms with Crippen molar-refractivity contribution in [1.82, 2.24) is 25.6 Å². The number of urea groups is 1. The van der Waals surface area contributed by atoms with Crippen LogP contribution in [0.5, 0.6) is 0 Å². The second-order valence-electron chi connectivity index (χ2n) is 8.24. The van der Waals surface area contributed by atoms with Crippen molar-refractivity contribution in [2.75, 3.05) is 53.5 Å². The van der Waals surface area contributed by atoms with Crippen LogP contribution in [0.15, 0.2) is 0 Å². The number of ether oxygens (including phenoxy) is 1. The third-order valence-electron chi connectivity index (χ3n) is 6.32. The minimum absolute atomic E-state index is 0.122. The van der Waals surface area contributed by atoms with Crippen LogP contribution in [-0.2, 0) is 9.53 Å². The molecule has 2 heterocycles. The predicted molar refractivity (Wildman–Crippen MR) is 103 cm³/mol. The highest BCUT2D eigenvalue weighted by molar-refractivity contribution is 5.86. The molecule has 8 nitrogen and oxygen atoms in total. The molecule has 1 saturated carbocycles. The number of hydrogen-bond acceptors (Lipinski definition) is 5. The first-order valence-corrected chi connectivity index (χ1v) is 10.4. The van der Waals surface area contributed by atoms with E-state index >= 15 is 0 Å². The number of rotatable bonds is 4. The van der Waals surface area contributed by atoms with Gasteiger partial charge >= 0.3 is 6.03 Å². The van der Waals surface area contributed by atoms with E-state index < -0.39 is 0 Å². The molecule has 8 heteroatoms. The molecule has 2 N–H and O–H groups in total. The zero-order valence-corrected chi connectivity index (χ0v) is 16.8. The Morgan fingerprint density at radius 2 is 1.63 bits per heavy atom. The molecule has 3 amide bonds. The van der Waals surface area contributed by atoms with Crippen LogP contribution in [-0.4, -0.2) is 91.8 Å². The lowest BCUT2D eigenvalue weighted by Crippen LogP contribution is -2.60. The van der Waals surface area contributed by atoms with Crippen molar-refractivity contribution < 1.29 is 14.3 Å². The van der Waals surface area contributed by atoms with Gasteiger partial charge in [-0.1, -0.05) is 19.3 Å². The van der Waals surface area contributed by atoms with Crippen LogP contribution in [0.4, 0.5) is 4.79 Å². The van der Waals surface area contributed by atoms with Gasteiger partial charge in [-0.15, -0.1) is 0 Å². The highest BCUT2D eigenvalue weighted by atomic mass is 16.5. The van der Waals surface area contributed by atoms with Crippen molar-refractivity contribution in [3.8, 4) is 0 Å². The summed E-state index contributed by atoms with van der Waals surface area (Å²) in [6, 6.07) is -0.0320. The summed E-state index contributed by atoms with van der Waals surface area (Å²) in [5.41, 5.74) is 2.56. The Kier molecular flexibility index (Phi) is 6.94. The number of nitrogens with one attached hydrogen (secondary N) is 2. The van der Waals surface area contributed by atoms with Gasteiger partial charge < -0.3 is 15.0 Å². The number of nitrogens with zero attached hydrogens (tertiary/aromatic N) is 3. The second-order valence-corrected chi connectivity index (χ2v) is 8.24. The lowest BCUT2D eigenvalue weighted by molar-refractivity contribution is -0.146. The molecule has 3 fully saturated rings. The number of carbonyl (C=O) groups excluding carboxylic acids is 2. The number of likely N-dealkylation sites (N-methyl/N-ethyl adjacent to an activating group) is 1. The highest BCUT2D eigenvalue weighted by Gasteiger charge is 2.44. The summed E-state index contributed by atoms with van der Waals surface area (Å²) >= 11 is 0. The normalized spacial score (nSPS) is 24.6. The van der Waals surface area contributed by atoms with Crippen LogP contribution in [0.1, 0.15) is 44.9 Å². The Morgan fingerprint density at radius 1 is 1.00 bits per heavy atom. The van der Waals surface area contributed by atoms with Crippen molar-refractivity contribution in [3.63, 3.8) is 0 Å². The molecule has 2 saturated heterocycles. The molecule has 3 rings (SSSR count). The SMILES string of the molecule is CN(C)C1(C(=O)N2CCC(NC(=O)NN3CCOCC3)CC2)CCCCC1. The number of carbonyl (C=O) groups is 2. The fourth-order valence-corrected chi connectivity index (χ4v) is 4.55. The van der Waals surface area contributed by atoms with Gasteiger partial charge in [-0.05, 0) is 39.8 Å². The summed E-state index contributed by atoms with van der Waals surface area (Å²) in [5.74, 6) is 0.281. The van der Waals surface area contributed by atoms with Crippen molar-refractivity contribution in [3.05, 3.63) is 0 Å². The highest BCUT2D eigenvalue weighted by Crippen LogP contribution is 2.34. The van der Waals surface area contributed by atoms with Gasteiger partial charge in [0.15, 0.2) is 0 Å². The molecule has 2 aliphatic heterocycles. The fourth-order valence-electron chi connectivity index (χ4n) is 4.55. The maximum atomic E-state index is 13.3. The standard InChI is InChI=1S/C19H35N5O3/c1-22(2)19(8-4-3-5-9-19)17(25)23-10-6-16(7-11-23)20-18(26)21-24-12-14-27-15-13-24/h16H,3-15H2,1-2H3,(H2,20,21,26). The molecule has 0 atom stereocenters. The summed E-state index contributed by atoms with van der Waals surface area (Å²) < 4.78 is 5.29. The Morgan fingerprint density at radius 3 is 2.22 bits per heavy atom. The van der Waals surface area contributed by atoms with E-state index in [0.29, 0.717) is 26.3 Å². The van der Waals surface area contributed by atoms with Crippen molar-refractivity contribution in [1.29, 1.82) is 0 Å². The van der Waals surface area contributed by atoms with Crippen LogP contribution in [0.25, 0.3) is 0 Å². The van der Waals surface area contributed by atoms with Crippen LogP contribution in [0.3, 0.4) is 0 Å². The third kappa shape index (κ3) is 4.92. The number of piperidine rings is 1. The van der Waals surface area contributed by atoms with E-state index in [9.17, 15) is 9.59 Å². The summed E-state index contributed by atoms with van der Waals surface area (Å²) in [4.78, 5) is 29.6. The van der Waals surface area contributed by atoms with Crippen LogP contribution in [0.2, 0.25) is 0 Å². The first-order chi connectivity index (χ1) is 13.0. The number of morpholine rings is 1. The predicted octanol–water partition coefficient (Wildman–Crippen LogP) is 0.788. The van der Waals surface area contributed by atoms with Crippen molar-refractivity contribution >= 4 is 11.9 Å². The van der Waals surface area contributed by atoms with Gasteiger partial charge in [-0.25, -0.2) is 9.80 Å². The lowest BCUT2D eigenvalue weighted by Gasteiger charge is -2.45. The Balaban J connectivity index is 1.46. The molecule has 0 aromatic rings. The monoisotopic (exact) mass is 381 g/mol. The molecule has 154 valence electrons. The average molecular weight is 382 g/mol. The molecule has 0 aromatic heterocycles. The van der Waals surface area contributed by atoms with Gasteiger partial charge in [0.1, 0.15) is 5.54 Å². The number of likely N-dealkylation sites (tertiary alicyclic amines) is 1. The summed E-state index contributed by atoms with van der Waals surface area (Å²) in [5, 5.41) is 4.95. The summed E-state index contributed by atoms with van der Waals surface area (Å²) in [6.45, 7) is 4.16. The molecule has 27 heavy (non-hydrogen) atoms. The third-order valence-corrected chi connectivity index (χ3v) is 6.32. The van der Waals surface area contributed by atoms with E-state index in [0.717, 1.165) is 51.6 Å². The van der Waals surface area contributed by atoms with Gasteiger partial charge in [-0.3, -0.25) is 15.1 Å². The summed E-state index contributed by atoms with van der Waals surface area (Å²) in [6.07, 6.45) is 7.02. The van der Waals surface area contributed by atoms with E-state index in [2.05, 4.69) is 15.6 Å². The largest absolute Gasteiger partial charge is 0.379 e. The van der Waals surface area contributed by atoms with Gasteiger partial charge in [0, 0.05) is 32.2 Å². The van der Waals surface area contributed by atoms with E-state index in [1.807, 2.05) is 24.0 Å². The van der Waals surface area contributed by atoms with E-state index in [1.54, 1.807) is 0 Å². The number of amides is 3. The summed E-state index contributed by atoms with van der Waals surface area (Å²) in [7, 11) is 4.07. The molecule has 0 spiro atoms. The Bertz CT molecular complexity index is 507. The fraction of sp³-hybridized carbons (Fsp3) is 0.895. The minimum Gasteiger partial charge on any atom is -0.379 e. The smallest absolute Gasteiger partial charge is 0.329 e. The van der Waals surface area contributed by atoms with E-state index in [1.165, 1.54) is 6.42 Å². The minimum atomic E-state index is -0.327. The maximum Gasteiger partial charge on any atom is 0.329 e.